The van der Waals surface area contributed by atoms with E-state index in [-0.39, 0.29) is 6.61 Å². The van der Waals surface area contributed by atoms with E-state index >= 15 is 0 Å². The van der Waals surface area contributed by atoms with Crippen molar-refractivity contribution in [3.63, 3.8) is 0 Å². The Morgan fingerprint density at radius 1 is 1.13 bits per heavy atom. The summed E-state index contributed by atoms with van der Waals surface area (Å²) in [5.74, 6) is 1.34. The maximum atomic E-state index is 12.2. The second-order valence-corrected chi connectivity index (χ2v) is 5.33. The standard InChI is InChI=1S/C17H15ClO5/c1-20-14-5-3-13(18)8-12(14)10-23-17(19)11-2-4-15-16(9-11)22-7-6-21-15/h2-5,8-9H,6-7,10H2,1H3. The number of benzene rings is 2. The normalized spacial score (nSPS) is 12.6. The van der Waals surface area contributed by atoms with Crippen LogP contribution in [0, 0.1) is 0 Å². The van der Waals surface area contributed by atoms with Crippen molar-refractivity contribution in [3.05, 3.63) is 52.5 Å². The second kappa shape index (κ2) is 6.79. The molecule has 6 heteroatoms. The number of ether oxygens (including phenoxy) is 4. The van der Waals surface area contributed by atoms with Gasteiger partial charge in [0.25, 0.3) is 0 Å². The fourth-order valence-corrected chi connectivity index (χ4v) is 2.45. The molecule has 0 amide bonds. The molecule has 0 atom stereocenters. The van der Waals surface area contributed by atoms with Crippen LogP contribution in [0.4, 0.5) is 0 Å². The number of rotatable bonds is 4. The van der Waals surface area contributed by atoms with Gasteiger partial charge in [0.05, 0.1) is 12.7 Å². The highest BCUT2D eigenvalue weighted by Gasteiger charge is 2.16. The lowest BCUT2D eigenvalue weighted by molar-refractivity contribution is 0.0469. The molecule has 0 spiro atoms. The largest absolute Gasteiger partial charge is 0.496 e. The maximum absolute atomic E-state index is 12.2. The monoisotopic (exact) mass is 334 g/mol. The molecule has 0 N–H and O–H groups in total. The van der Waals surface area contributed by atoms with Crippen molar-refractivity contribution < 1.29 is 23.7 Å². The fraction of sp³-hybridized carbons (Fsp3) is 0.235. The fourth-order valence-electron chi connectivity index (χ4n) is 2.26. The van der Waals surface area contributed by atoms with Gasteiger partial charge >= 0.3 is 5.97 Å². The van der Waals surface area contributed by atoms with E-state index in [1.54, 1.807) is 43.5 Å². The van der Waals surface area contributed by atoms with E-state index in [4.69, 9.17) is 30.5 Å². The van der Waals surface area contributed by atoms with Crippen LogP contribution in [0.3, 0.4) is 0 Å². The van der Waals surface area contributed by atoms with E-state index in [0.29, 0.717) is 46.6 Å². The molecule has 0 saturated heterocycles. The predicted octanol–water partition coefficient (Wildman–Crippen LogP) is 3.48. The molecule has 3 rings (SSSR count). The summed E-state index contributed by atoms with van der Waals surface area (Å²) in [6.07, 6.45) is 0. The van der Waals surface area contributed by atoms with Crippen molar-refractivity contribution in [2.75, 3.05) is 20.3 Å². The molecule has 23 heavy (non-hydrogen) atoms. The zero-order chi connectivity index (χ0) is 16.2. The molecule has 5 nitrogen and oxygen atoms in total. The van der Waals surface area contributed by atoms with Gasteiger partial charge in [-0.05, 0) is 36.4 Å². The smallest absolute Gasteiger partial charge is 0.338 e. The first-order valence-corrected chi connectivity index (χ1v) is 7.44. The first kappa shape index (κ1) is 15.5. The highest BCUT2D eigenvalue weighted by atomic mass is 35.5. The maximum Gasteiger partial charge on any atom is 0.338 e. The SMILES string of the molecule is COc1ccc(Cl)cc1COC(=O)c1ccc2c(c1)OCCO2. The molecular formula is C17H15ClO5. The Morgan fingerprint density at radius 3 is 2.70 bits per heavy atom. The molecule has 0 bridgehead atoms. The lowest BCUT2D eigenvalue weighted by atomic mass is 10.2. The van der Waals surface area contributed by atoms with Crippen LogP contribution in [0.5, 0.6) is 17.2 Å². The number of hydrogen-bond acceptors (Lipinski definition) is 5. The average Bonchev–Trinajstić information content (AvgIpc) is 2.59. The molecular weight excluding hydrogens is 320 g/mol. The van der Waals surface area contributed by atoms with Crippen LogP contribution < -0.4 is 14.2 Å². The Hall–Kier alpha value is -2.40. The highest BCUT2D eigenvalue weighted by molar-refractivity contribution is 6.30. The van der Waals surface area contributed by atoms with Crippen molar-refractivity contribution >= 4 is 17.6 Å². The molecule has 120 valence electrons. The summed E-state index contributed by atoms with van der Waals surface area (Å²) >= 11 is 5.96. The van der Waals surface area contributed by atoms with Crippen LogP contribution >= 0.6 is 11.6 Å². The summed E-state index contributed by atoms with van der Waals surface area (Å²) < 4.78 is 21.4. The summed E-state index contributed by atoms with van der Waals surface area (Å²) in [5.41, 5.74) is 1.10. The van der Waals surface area contributed by atoms with Crippen LogP contribution in [0.15, 0.2) is 36.4 Å². The van der Waals surface area contributed by atoms with Crippen LogP contribution in [0.2, 0.25) is 5.02 Å². The van der Waals surface area contributed by atoms with Crippen molar-refractivity contribution in [2.24, 2.45) is 0 Å². The molecule has 2 aromatic carbocycles. The molecule has 0 unspecified atom stereocenters. The molecule has 0 aromatic heterocycles. The van der Waals surface area contributed by atoms with Crippen LogP contribution in [0.25, 0.3) is 0 Å². The van der Waals surface area contributed by atoms with E-state index in [2.05, 4.69) is 0 Å². The molecule has 0 saturated carbocycles. The van der Waals surface area contributed by atoms with E-state index in [0.717, 1.165) is 0 Å². The summed E-state index contributed by atoms with van der Waals surface area (Å²) in [5, 5.41) is 0.552. The van der Waals surface area contributed by atoms with Gasteiger partial charge in [0.1, 0.15) is 25.6 Å². The number of esters is 1. The van der Waals surface area contributed by atoms with Gasteiger partial charge in [-0.2, -0.15) is 0 Å². The van der Waals surface area contributed by atoms with E-state index in [9.17, 15) is 4.79 Å². The van der Waals surface area contributed by atoms with Gasteiger partial charge in [-0.25, -0.2) is 4.79 Å². The summed E-state index contributed by atoms with van der Waals surface area (Å²) in [6.45, 7) is 1.04. The van der Waals surface area contributed by atoms with Gasteiger partial charge in [0, 0.05) is 10.6 Å². The predicted molar refractivity (Wildman–Crippen MR) is 84.6 cm³/mol. The molecule has 1 heterocycles. The van der Waals surface area contributed by atoms with Gasteiger partial charge in [-0.3, -0.25) is 0 Å². The number of halogens is 1. The Labute approximate surface area is 138 Å². The van der Waals surface area contributed by atoms with Crippen LogP contribution in [-0.2, 0) is 11.3 Å². The number of carbonyl (C=O) groups is 1. The molecule has 2 aromatic rings. The first-order valence-electron chi connectivity index (χ1n) is 7.06. The van der Waals surface area contributed by atoms with Gasteiger partial charge in [0.15, 0.2) is 11.5 Å². The zero-order valence-corrected chi connectivity index (χ0v) is 13.3. The number of hydrogen-bond donors (Lipinski definition) is 0. The Kier molecular flexibility index (Phi) is 4.57. The van der Waals surface area contributed by atoms with Gasteiger partial charge < -0.3 is 18.9 Å². The molecule has 1 aliphatic heterocycles. The average molecular weight is 335 g/mol. The molecule has 0 aliphatic carbocycles. The number of carbonyl (C=O) groups excluding carboxylic acids is 1. The summed E-state index contributed by atoms with van der Waals surface area (Å²) in [7, 11) is 1.55. The lowest BCUT2D eigenvalue weighted by Gasteiger charge is -2.18. The third-order valence-electron chi connectivity index (χ3n) is 3.38. The van der Waals surface area contributed by atoms with Crippen LogP contribution in [-0.4, -0.2) is 26.3 Å². The van der Waals surface area contributed by atoms with Gasteiger partial charge in [0.2, 0.25) is 0 Å². The van der Waals surface area contributed by atoms with E-state index in [1.807, 2.05) is 0 Å². The third-order valence-corrected chi connectivity index (χ3v) is 3.61. The number of methoxy groups -OCH3 is 1. The zero-order valence-electron chi connectivity index (χ0n) is 12.5. The van der Waals surface area contributed by atoms with E-state index in [1.165, 1.54) is 0 Å². The van der Waals surface area contributed by atoms with Crippen molar-refractivity contribution in [2.45, 2.75) is 6.61 Å². The molecule has 1 aliphatic rings. The minimum atomic E-state index is -0.455. The minimum absolute atomic E-state index is 0.0665. The van der Waals surface area contributed by atoms with Gasteiger partial charge in [-0.1, -0.05) is 11.6 Å². The number of fused-ring (bicyclic) bond motifs is 1. The Morgan fingerprint density at radius 2 is 1.91 bits per heavy atom. The van der Waals surface area contributed by atoms with Crippen molar-refractivity contribution in [1.29, 1.82) is 0 Å². The van der Waals surface area contributed by atoms with E-state index < -0.39 is 5.97 Å². The van der Waals surface area contributed by atoms with Crippen LogP contribution in [0.1, 0.15) is 15.9 Å². The minimum Gasteiger partial charge on any atom is -0.496 e. The molecule has 0 fully saturated rings. The topological polar surface area (TPSA) is 54.0 Å². The van der Waals surface area contributed by atoms with Crippen molar-refractivity contribution in [1.82, 2.24) is 0 Å². The first-order chi connectivity index (χ1) is 11.2. The van der Waals surface area contributed by atoms with Crippen molar-refractivity contribution in [3.8, 4) is 17.2 Å². The summed E-state index contributed by atoms with van der Waals surface area (Å²) in [4.78, 5) is 12.2. The quantitative estimate of drug-likeness (QED) is 0.801. The lowest BCUT2D eigenvalue weighted by Crippen LogP contribution is -2.16. The summed E-state index contributed by atoms with van der Waals surface area (Å²) in [6, 6.07) is 10.1. The molecule has 0 radical (unpaired) electrons. The van der Waals surface area contributed by atoms with Gasteiger partial charge in [-0.15, -0.1) is 0 Å². The third kappa shape index (κ3) is 3.51. The highest BCUT2D eigenvalue weighted by Crippen LogP contribution is 2.31. The second-order valence-electron chi connectivity index (χ2n) is 4.89. The Balaban J connectivity index is 1.71. The Bertz CT molecular complexity index is 729.